The minimum atomic E-state index is 0.148. The van der Waals surface area contributed by atoms with Gasteiger partial charge >= 0.3 is 0 Å². The molecule has 3 aliphatic carbocycles. The van der Waals surface area contributed by atoms with E-state index in [2.05, 4.69) is 28.2 Å². The summed E-state index contributed by atoms with van der Waals surface area (Å²) in [5, 5.41) is 12.5. The lowest BCUT2D eigenvalue weighted by atomic mass is 9.84. The zero-order chi connectivity index (χ0) is 16.2. The van der Waals surface area contributed by atoms with Gasteiger partial charge in [0, 0.05) is 38.3 Å². The van der Waals surface area contributed by atoms with Gasteiger partial charge in [0.15, 0.2) is 5.78 Å². The third-order valence-electron chi connectivity index (χ3n) is 5.72. The van der Waals surface area contributed by atoms with Gasteiger partial charge in [-0.05, 0) is 44.2 Å². The molecule has 3 saturated carbocycles. The topological polar surface area (TPSA) is 59.4 Å². The van der Waals surface area contributed by atoms with Crippen molar-refractivity contribution >= 4 is 5.78 Å². The average molecular weight is 316 g/mol. The van der Waals surface area contributed by atoms with Gasteiger partial charge in [0.25, 0.3) is 0 Å². The van der Waals surface area contributed by atoms with E-state index in [0.717, 1.165) is 38.0 Å². The van der Waals surface area contributed by atoms with Gasteiger partial charge in [-0.1, -0.05) is 6.08 Å². The predicted octanol–water partition coefficient (Wildman–Crippen LogP) is 1.03. The molecule has 2 atom stereocenters. The number of rotatable bonds is 7. The van der Waals surface area contributed by atoms with E-state index in [9.17, 15) is 4.79 Å². The first-order valence-electron chi connectivity index (χ1n) is 8.88. The Bertz CT molecular complexity index is 492. The van der Waals surface area contributed by atoms with Gasteiger partial charge < -0.3 is 10.2 Å². The van der Waals surface area contributed by atoms with Gasteiger partial charge in [0.2, 0.25) is 0 Å². The summed E-state index contributed by atoms with van der Waals surface area (Å²) >= 11 is 0. The minimum Gasteiger partial charge on any atom is -0.310 e. The number of hydrogen-bond acceptors (Lipinski definition) is 5. The molecule has 5 heteroatoms. The molecule has 4 aliphatic rings. The molecule has 1 heterocycles. The van der Waals surface area contributed by atoms with Crippen molar-refractivity contribution in [2.75, 3.05) is 39.8 Å². The van der Waals surface area contributed by atoms with E-state index in [1.54, 1.807) is 6.08 Å². The summed E-state index contributed by atoms with van der Waals surface area (Å²) in [7, 11) is 2.07. The number of carbonyl (C=O) groups excluding carboxylic acids is 1. The quantitative estimate of drug-likeness (QED) is 0.711. The van der Waals surface area contributed by atoms with Crippen LogP contribution in [-0.4, -0.2) is 67.4 Å². The van der Waals surface area contributed by atoms with Crippen molar-refractivity contribution in [1.29, 1.82) is 5.26 Å². The number of nitrogens with zero attached hydrogens (tertiary/aromatic N) is 3. The van der Waals surface area contributed by atoms with Crippen LogP contribution < -0.4 is 5.32 Å². The molecule has 1 saturated heterocycles. The van der Waals surface area contributed by atoms with Gasteiger partial charge in [-0.25, -0.2) is 0 Å². The fraction of sp³-hybridized carbons (Fsp3) is 0.778. The third-order valence-corrected chi connectivity index (χ3v) is 5.72. The lowest BCUT2D eigenvalue weighted by Gasteiger charge is -2.38. The van der Waals surface area contributed by atoms with Crippen molar-refractivity contribution in [3.05, 3.63) is 12.2 Å². The van der Waals surface area contributed by atoms with Gasteiger partial charge in [0.1, 0.15) is 0 Å². The Morgan fingerprint density at radius 2 is 2.17 bits per heavy atom. The van der Waals surface area contributed by atoms with Crippen LogP contribution >= 0.6 is 0 Å². The van der Waals surface area contributed by atoms with Crippen LogP contribution in [-0.2, 0) is 4.79 Å². The standard InChI is InChI=1S/C18H28N4O/c1-21-7-8-22(16(12-21)4-5-19)13-17(23)3-2-6-20-18-11-14-9-15(18)10-14/h2-3,14-16,18,20H,4,6-13H2,1H3/b3-2+/t14?,15?,16?,18-/m1/s1. The molecule has 23 heavy (non-hydrogen) atoms. The normalized spacial score (nSPS) is 34.4. The largest absolute Gasteiger partial charge is 0.310 e. The van der Waals surface area contributed by atoms with E-state index in [1.807, 2.05) is 6.08 Å². The fourth-order valence-corrected chi connectivity index (χ4v) is 4.33. The number of piperazine rings is 1. The van der Waals surface area contributed by atoms with Gasteiger partial charge in [-0.3, -0.25) is 9.69 Å². The second-order valence-corrected chi connectivity index (χ2v) is 7.47. The zero-order valence-electron chi connectivity index (χ0n) is 14.1. The Hall–Kier alpha value is -1.22. The van der Waals surface area contributed by atoms with Crippen molar-refractivity contribution in [2.45, 2.75) is 37.8 Å². The Morgan fingerprint density at radius 1 is 1.35 bits per heavy atom. The zero-order valence-corrected chi connectivity index (χ0v) is 14.1. The van der Waals surface area contributed by atoms with Gasteiger partial charge in [0.05, 0.1) is 19.0 Å². The van der Waals surface area contributed by atoms with E-state index >= 15 is 0 Å². The molecule has 1 N–H and O–H groups in total. The summed E-state index contributed by atoms with van der Waals surface area (Å²) in [4.78, 5) is 16.6. The Balaban J connectivity index is 1.39. The molecular formula is C18H28N4O. The summed E-state index contributed by atoms with van der Waals surface area (Å²) in [5.74, 6) is 2.01. The summed E-state index contributed by atoms with van der Waals surface area (Å²) in [6, 6.07) is 3.10. The number of carbonyl (C=O) groups is 1. The number of nitrogens with one attached hydrogen (secondary N) is 1. The van der Waals surface area contributed by atoms with E-state index < -0.39 is 0 Å². The lowest BCUT2D eigenvalue weighted by molar-refractivity contribution is -0.116. The highest BCUT2D eigenvalue weighted by molar-refractivity contribution is 5.91. The van der Waals surface area contributed by atoms with Crippen molar-refractivity contribution in [2.24, 2.45) is 11.8 Å². The maximum absolute atomic E-state index is 12.2. The summed E-state index contributed by atoms with van der Waals surface area (Å²) in [5.41, 5.74) is 0. The maximum Gasteiger partial charge on any atom is 0.169 e. The molecule has 1 unspecified atom stereocenters. The smallest absolute Gasteiger partial charge is 0.169 e. The number of likely N-dealkylation sites (N-methyl/N-ethyl adjacent to an activating group) is 1. The second-order valence-electron chi connectivity index (χ2n) is 7.47. The van der Waals surface area contributed by atoms with E-state index in [1.165, 1.54) is 19.3 Å². The van der Waals surface area contributed by atoms with E-state index in [4.69, 9.17) is 5.26 Å². The average Bonchev–Trinajstić information content (AvgIpc) is 3.06. The molecule has 0 aromatic carbocycles. The number of hydrogen-bond donors (Lipinski definition) is 1. The number of nitriles is 1. The van der Waals surface area contributed by atoms with Crippen molar-refractivity contribution < 1.29 is 4.79 Å². The SMILES string of the molecule is CN1CCN(CC(=O)/C=C/CN[C@@H]2CC3CC2C3)C(CC#N)C1. The van der Waals surface area contributed by atoms with Crippen LogP contribution in [0.4, 0.5) is 0 Å². The summed E-state index contributed by atoms with van der Waals surface area (Å²) in [6.07, 6.45) is 8.31. The van der Waals surface area contributed by atoms with Crippen LogP contribution in [0.25, 0.3) is 0 Å². The highest BCUT2D eigenvalue weighted by Gasteiger charge is 2.43. The second kappa shape index (κ2) is 7.57. The highest BCUT2D eigenvalue weighted by atomic mass is 16.1. The van der Waals surface area contributed by atoms with Crippen molar-refractivity contribution in [3.8, 4) is 6.07 Å². The maximum atomic E-state index is 12.2. The van der Waals surface area contributed by atoms with Crippen LogP contribution in [0.2, 0.25) is 0 Å². The number of fused-ring (bicyclic) bond motifs is 1. The van der Waals surface area contributed by atoms with Crippen molar-refractivity contribution in [3.63, 3.8) is 0 Å². The van der Waals surface area contributed by atoms with Crippen LogP contribution in [0.15, 0.2) is 12.2 Å². The predicted molar refractivity (Wildman–Crippen MR) is 89.9 cm³/mol. The first-order chi connectivity index (χ1) is 11.2. The Kier molecular flexibility index (Phi) is 5.47. The molecular weight excluding hydrogens is 288 g/mol. The van der Waals surface area contributed by atoms with Crippen LogP contribution in [0.3, 0.4) is 0 Å². The molecule has 4 rings (SSSR count). The molecule has 0 aromatic rings. The first-order valence-corrected chi connectivity index (χ1v) is 8.88. The van der Waals surface area contributed by atoms with Crippen LogP contribution in [0, 0.1) is 23.2 Å². The molecule has 126 valence electrons. The first kappa shape index (κ1) is 16.6. The molecule has 2 bridgehead atoms. The molecule has 0 radical (unpaired) electrons. The van der Waals surface area contributed by atoms with Crippen molar-refractivity contribution in [1.82, 2.24) is 15.1 Å². The Labute approximate surface area is 139 Å². The lowest BCUT2D eigenvalue weighted by Crippen LogP contribution is -2.52. The highest BCUT2D eigenvalue weighted by Crippen LogP contribution is 2.48. The monoisotopic (exact) mass is 316 g/mol. The Morgan fingerprint density at radius 3 is 2.87 bits per heavy atom. The van der Waals surface area contributed by atoms with Crippen LogP contribution in [0.1, 0.15) is 25.7 Å². The molecule has 0 spiro atoms. The minimum absolute atomic E-state index is 0.148. The molecule has 1 aliphatic heterocycles. The third kappa shape index (κ3) is 4.20. The summed E-state index contributed by atoms with van der Waals surface area (Å²) < 4.78 is 0. The fourth-order valence-electron chi connectivity index (χ4n) is 4.33. The number of ketones is 1. The van der Waals surface area contributed by atoms with Gasteiger partial charge in [-0.2, -0.15) is 5.26 Å². The van der Waals surface area contributed by atoms with E-state index in [0.29, 0.717) is 19.0 Å². The van der Waals surface area contributed by atoms with E-state index in [-0.39, 0.29) is 11.8 Å². The molecule has 4 fully saturated rings. The van der Waals surface area contributed by atoms with Crippen LogP contribution in [0.5, 0.6) is 0 Å². The molecule has 0 aromatic heterocycles. The molecule has 5 nitrogen and oxygen atoms in total. The summed E-state index contributed by atoms with van der Waals surface area (Å²) in [6.45, 7) is 3.93. The van der Waals surface area contributed by atoms with Gasteiger partial charge in [-0.15, -0.1) is 0 Å². The molecule has 0 amide bonds.